The topological polar surface area (TPSA) is 38.3 Å². The van der Waals surface area contributed by atoms with Crippen LogP contribution in [0.25, 0.3) is 0 Å². The molecule has 0 fully saturated rings. The fraction of sp³-hybridized carbons (Fsp3) is 0.316. The van der Waals surface area contributed by atoms with Crippen molar-refractivity contribution in [3.8, 4) is 5.75 Å². The Morgan fingerprint density at radius 2 is 2.00 bits per heavy atom. The van der Waals surface area contributed by atoms with Gasteiger partial charge in [0.15, 0.2) is 0 Å². The Morgan fingerprint density at radius 1 is 1.25 bits per heavy atom. The average Bonchev–Trinajstić information content (AvgIpc) is 2.53. The Labute approximate surface area is 152 Å². The van der Waals surface area contributed by atoms with Crippen LogP contribution < -0.4 is 10.1 Å². The van der Waals surface area contributed by atoms with E-state index in [1.165, 1.54) is 0 Å². The van der Waals surface area contributed by atoms with E-state index in [2.05, 4.69) is 5.32 Å². The van der Waals surface area contributed by atoms with Gasteiger partial charge in [0.25, 0.3) is 0 Å². The van der Waals surface area contributed by atoms with E-state index in [-0.39, 0.29) is 5.91 Å². The van der Waals surface area contributed by atoms with Crippen molar-refractivity contribution in [3.05, 3.63) is 58.1 Å². The number of para-hydroxylation sites is 1. The molecule has 0 bridgehead atoms. The molecule has 0 spiro atoms. The number of amides is 1. The lowest BCUT2D eigenvalue weighted by molar-refractivity contribution is -0.113. The van der Waals surface area contributed by atoms with Crippen molar-refractivity contribution in [1.29, 1.82) is 0 Å². The van der Waals surface area contributed by atoms with Crippen LogP contribution in [0.3, 0.4) is 0 Å². The summed E-state index contributed by atoms with van der Waals surface area (Å²) in [6, 6.07) is 11.8. The highest BCUT2D eigenvalue weighted by Crippen LogP contribution is 2.28. The number of hydrogen-bond acceptors (Lipinski definition) is 3. The fourth-order valence-corrected chi connectivity index (χ4v) is 3.61. The Morgan fingerprint density at radius 3 is 2.71 bits per heavy atom. The number of ether oxygens (including phenoxy) is 1. The molecule has 0 aromatic heterocycles. The van der Waals surface area contributed by atoms with Gasteiger partial charge in [-0.15, -0.1) is 11.8 Å². The molecule has 1 amide bonds. The summed E-state index contributed by atoms with van der Waals surface area (Å²) in [4.78, 5) is 12.2. The second-order valence-corrected chi connectivity index (χ2v) is 6.91. The minimum Gasteiger partial charge on any atom is -0.494 e. The van der Waals surface area contributed by atoms with Crippen molar-refractivity contribution in [1.82, 2.24) is 0 Å². The summed E-state index contributed by atoms with van der Waals surface area (Å²) in [6.07, 6.45) is 0. The monoisotopic (exact) mass is 363 g/mol. The van der Waals surface area contributed by atoms with Crippen LogP contribution in [-0.4, -0.2) is 18.3 Å². The third kappa shape index (κ3) is 5.18. The first-order valence-electron chi connectivity index (χ1n) is 7.86. The van der Waals surface area contributed by atoms with E-state index >= 15 is 0 Å². The number of aryl methyl sites for hydroxylation is 2. The lowest BCUT2D eigenvalue weighted by Gasteiger charge is -2.12. The molecule has 0 aliphatic carbocycles. The van der Waals surface area contributed by atoms with Crippen molar-refractivity contribution in [2.75, 3.05) is 17.7 Å². The molecule has 24 heavy (non-hydrogen) atoms. The van der Waals surface area contributed by atoms with Crippen LogP contribution in [0, 0.1) is 13.8 Å². The molecule has 3 nitrogen and oxygen atoms in total. The van der Waals surface area contributed by atoms with Crippen LogP contribution in [0.15, 0.2) is 36.4 Å². The number of benzene rings is 2. The number of carbonyl (C=O) groups is 1. The van der Waals surface area contributed by atoms with Crippen LogP contribution in [-0.2, 0) is 10.5 Å². The van der Waals surface area contributed by atoms with Gasteiger partial charge in [0.2, 0.25) is 5.91 Å². The predicted molar refractivity (Wildman–Crippen MR) is 103 cm³/mol. The fourth-order valence-electron chi connectivity index (χ4n) is 2.42. The summed E-state index contributed by atoms with van der Waals surface area (Å²) in [6.45, 7) is 6.52. The number of carbonyl (C=O) groups excluding carboxylic acids is 1. The average molecular weight is 364 g/mol. The number of halogens is 1. The van der Waals surface area contributed by atoms with Gasteiger partial charge >= 0.3 is 0 Å². The maximum absolute atomic E-state index is 12.2. The third-order valence-electron chi connectivity index (χ3n) is 3.46. The summed E-state index contributed by atoms with van der Waals surface area (Å²) < 4.78 is 5.60. The Hall–Kier alpha value is -1.65. The zero-order valence-corrected chi connectivity index (χ0v) is 15.8. The van der Waals surface area contributed by atoms with Gasteiger partial charge in [-0.1, -0.05) is 35.9 Å². The highest BCUT2D eigenvalue weighted by Gasteiger charge is 2.10. The van der Waals surface area contributed by atoms with Gasteiger partial charge < -0.3 is 10.1 Å². The van der Waals surface area contributed by atoms with Crippen LogP contribution in [0.5, 0.6) is 5.75 Å². The second-order valence-electron chi connectivity index (χ2n) is 5.52. The minimum atomic E-state index is -0.0530. The largest absolute Gasteiger partial charge is 0.494 e. The predicted octanol–water partition coefficient (Wildman–Crippen LogP) is 5.23. The van der Waals surface area contributed by atoms with Gasteiger partial charge in [-0.25, -0.2) is 0 Å². The molecular formula is C19H22ClNO2S. The molecule has 0 unspecified atom stereocenters. The van der Waals surface area contributed by atoms with E-state index in [0.717, 1.165) is 28.2 Å². The van der Waals surface area contributed by atoms with Crippen molar-refractivity contribution >= 4 is 35.0 Å². The Kier molecular flexibility index (Phi) is 7.00. The molecule has 0 atom stereocenters. The molecule has 0 aliphatic rings. The Balaban J connectivity index is 1.91. The van der Waals surface area contributed by atoms with Gasteiger partial charge in [0.05, 0.1) is 23.1 Å². The van der Waals surface area contributed by atoms with Gasteiger partial charge in [-0.2, -0.15) is 0 Å². The van der Waals surface area contributed by atoms with Crippen LogP contribution in [0.4, 0.5) is 5.69 Å². The first kappa shape index (κ1) is 18.7. The molecule has 0 saturated heterocycles. The zero-order valence-electron chi connectivity index (χ0n) is 14.2. The summed E-state index contributed by atoms with van der Waals surface area (Å²) in [5.41, 5.74) is 3.85. The second kappa shape index (κ2) is 9.00. The van der Waals surface area contributed by atoms with Crippen molar-refractivity contribution in [3.63, 3.8) is 0 Å². The summed E-state index contributed by atoms with van der Waals surface area (Å²) in [5.74, 6) is 1.92. The van der Waals surface area contributed by atoms with Gasteiger partial charge in [-0.3, -0.25) is 4.79 Å². The smallest absolute Gasteiger partial charge is 0.234 e. The van der Waals surface area contributed by atoms with Crippen LogP contribution >= 0.6 is 23.4 Å². The first-order chi connectivity index (χ1) is 11.5. The zero-order chi connectivity index (χ0) is 17.5. The highest BCUT2D eigenvalue weighted by atomic mass is 35.5. The summed E-state index contributed by atoms with van der Waals surface area (Å²) in [7, 11) is 0. The first-order valence-corrected chi connectivity index (χ1v) is 9.39. The number of thioether (sulfide) groups is 1. The van der Waals surface area contributed by atoms with Crippen molar-refractivity contribution in [2.24, 2.45) is 0 Å². The molecule has 0 aliphatic heterocycles. The van der Waals surface area contributed by atoms with Gasteiger partial charge in [-0.05, 0) is 44.0 Å². The molecule has 1 N–H and O–H groups in total. The molecule has 2 rings (SSSR count). The third-order valence-corrected chi connectivity index (χ3v) is 4.74. The lowest BCUT2D eigenvalue weighted by atomic mass is 10.1. The molecule has 2 aromatic rings. The van der Waals surface area contributed by atoms with Crippen molar-refractivity contribution in [2.45, 2.75) is 26.5 Å². The summed E-state index contributed by atoms with van der Waals surface area (Å²) >= 11 is 7.78. The standard InChI is InChI=1S/C19H22ClNO2S/c1-4-23-17-8-6-5-7-15(17)11-24-12-18(22)21-19-14(3)9-13(2)10-16(19)20/h5-10H,4,11-12H2,1-3H3,(H,21,22). The van der Waals surface area contributed by atoms with E-state index in [4.69, 9.17) is 16.3 Å². The highest BCUT2D eigenvalue weighted by molar-refractivity contribution is 7.99. The lowest BCUT2D eigenvalue weighted by Crippen LogP contribution is -2.15. The Bertz CT molecular complexity index is 695. The van der Waals surface area contributed by atoms with E-state index in [0.29, 0.717) is 23.1 Å². The molecular weight excluding hydrogens is 342 g/mol. The number of anilines is 1. The number of rotatable bonds is 7. The van der Waals surface area contributed by atoms with Gasteiger partial charge in [0, 0.05) is 11.3 Å². The quantitative estimate of drug-likeness (QED) is 0.732. The van der Waals surface area contributed by atoms with Gasteiger partial charge in [0.1, 0.15) is 5.75 Å². The SMILES string of the molecule is CCOc1ccccc1CSCC(=O)Nc1c(C)cc(C)cc1Cl. The normalized spacial score (nSPS) is 10.5. The van der Waals surface area contributed by atoms with Crippen molar-refractivity contribution < 1.29 is 9.53 Å². The minimum absolute atomic E-state index is 0.0530. The molecule has 5 heteroatoms. The number of hydrogen-bond donors (Lipinski definition) is 1. The molecule has 0 radical (unpaired) electrons. The van der Waals surface area contributed by atoms with E-state index in [9.17, 15) is 4.79 Å². The maximum atomic E-state index is 12.2. The van der Waals surface area contributed by atoms with E-state index in [1.54, 1.807) is 11.8 Å². The number of nitrogens with one attached hydrogen (secondary N) is 1. The maximum Gasteiger partial charge on any atom is 0.234 e. The van der Waals surface area contributed by atoms with E-state index in [1.807, 2.05) is 57.2 Å². The summed E-state index contributed by atoms with van der Waals surface area (Å²) in [5, 5.41) is 3.49. The molecule has 0 heterocycles. The molecule has 128 valence electrons. The van der Waals surface area contributed by atoms with E-state index < -0.39 is 0 Å². The molecule has 0 saturated carbocycles. The van der Waals surface area contributed by atoms with Crippen LogP contribution in [0.1, 0.15) is 23.6 Å². The molecule has 2 aromatic carbocycles. The van der Waals surface area contributed by atoms with Crippen LogP contribution in [0.2, 0.25) is 5.02 Å².